The number of allylic oxidation sites excluding steroid dienone is 1. The van der Waals surface area contributed by atoms with Gasteiger partial charge in [-0.05, 0) is 19.1 Å². The first kappa shape index (κ1) is 13.0. The Morgan fingerprint density at radius 1 is 1.10 bits per heavy atom. The molecule has 0 bridgehead atoms. The summed E-state index contributed by atoms with van der Waals surface area (Å²) >= 11 is 1.64. The van der Waals surface area contributed by atoms with Gasteiger partial charge in [-0.25, -0.2) is 0 Å². The van der Waals surface area contributed by atoms with Gasteiger partial charge in [0.25, 0.3) is 0 Å². The SMILES string of the molecule is Cc1ccc(C(=O)C=C2Sc3ccccc3N2C)cc1. The van der Waals surface area contributed by atoms with Crippen LogP contribution in [-0.4, -0.2) is 12.8 Å². The summed E-state index contributed by atoms with van der Waals surface area (Å²) in [5, 5.41) is 0.969. The first-order valence-electron chi connectivity index (χ1n) is 6.48. The number of hydrogen-bond acceptors (Lipinski definition) is 3. The van der Waals surface area contributed by atoms with Gasteiger partial charge < -0.3 is 4.90 Å². The molecule has 2 aromatic carbocycles. The van der Waals surface area contributed by atoms with E-state index < -0.39 is 0 Å². The zero-order valence-electron chi connectivity index (χ0n) is 11.5. The summed E-state index contributed by atoms with van der Waals surface area (Å²) in [6, 6.07) is 15.9. The maximum absolute atomic E-state index is 12.3. The molecule has 1 aliphatic heterocycles. The molecule has 0 amide bonds. The summed E-state index contributed by atoms with van der Waals surface area (Å²) < 4.78 is 0. The van der Waals surface area contributed by atoms with Crippen molar-refractivity contribution in [2.24, 2.45) is 0 Å². The van der Waals surface area contributed by atoms with Gasteiger partial charge in [0, 0.05) is 23.6 Å². The average Bonchev–Trinajstić information content (AvgIpc) is 2.77. The van der Waals surface area contributed by atoms with E-state index in [0.29, 0.717) is 0 Å². The number of rotatable bonds is 2. The predicted octanol–water partition coefficient (Wildman–Crippen LogP) is 4.26. The molecule has 0 atom stereocenters. The molecule has 0 spiro atoms. The van der Waals surface area contributed by atoms with Crippen molar-refractivity contribution in [2.45, 2.75) is 11.8 Å². The Balaban J connectivity index is 1.87. The highest BCUT2D eigenvalue weighted by Gasteiger charge is 2.22. The van der Waals surface area contributed by atoms with Gasteiger partial charge in [0.1, 0.15) is 0 Å². The van der Waals surface area contributed by atoms with Gasteiger partial charge in [0.2, 0.25) is 0 Å². The Bertz CT molecular complexity index is 688. The van der Waals surface area contributed by atoms with Crippen LogP contribution in [0.25, 0.3) is 0 Å². The Labute approximate surface area is 123 Å². The van der Waals surface area contributed by atoms with Crippen molar-refractivity contribution in [1.82, 2.24) is 0 Å². The maximum atomic E-state index is 12.3. The van der Waals surface area contributed by atoms with Gasteiger partial charge in [0.05, 0.1) is 10.7 Å². The molecule has 3 rings (SSSR count). The van der Waals surface area contributed by atoms with Crippen LogP contribution < -0.4 is 4.90 Å². The number of benzene rings is 2. The van der Waals surface area contributed by atoms with Crippen molar-refractivity contribution < 1.29 is 4.79 Å². The minimum absolute atomic E-state index is 0.0483. The first-order valence-corrected chi connectivity index (χ1v) is 7.30. The van der Waals surface area contributed by atoms with Gasteiger partial charge in [-0.2, -0.15) is 0 Å². The number of thioether (sulfide) groups is 1. The molecular formula is C17H15NOS. The smallest absolute Gasteiger partial charge is 0.188 e. The second kappa shape index (κ2) is 5.17. The number of anilines is 1. The number of ketones is 1. The Kier molecular flexibility index (Phi) is 3.36. The summed E-state index contributed by atoms with van der Waals surface area (Å²) in [5.41, 5.74) is 3.04. The fraction of sp³-hybridized carbons (Fsp3) is 0.118. The topological polar surface area (TPSA) is 20.3 Å². The molecule has 0 fully saturated rings. The van der Waals surface area contributed by atoms with E-state index in [1.54, 1.807) is 17.8 Å². The van der Waals surface area contributed by atoms with Crippen molar-refractivity contribution in [3.63, 3.8) is 0 Å². The maximum Gasteiger partial charge on any atom is 0.188 e. The molecule has 1 heterocycles. The third kappa shape index (κ3) is 2.37. The summed E-state index contributed by atoms with van der Waals surface area (Å²) in [6.07, 6.45) is 1.72. The van der Waals surface area contributed by atoms with E-state index >= 15 is 0 Å². The number of carbonyl (C=O) groups excluding carboxylic acids is 1. The van der Waals surface area contributed by atoms with Gasteiger partial charge in [0.15, 0.2) is 5.78 Å². The zero-order valence-corrected chi connectivity index (χ0v) is 12.3. The summed E-state index contributed by atoms with van der Waals surface area (Å²) in [5.74, 6) is 0.0483. The lowest BCUT2D eigenvalue weighted by atomic mass is 10.1. The van der Waals surface area contributed by atoms with Crippen molar-refractivity contribution in [1.29, 1.82) is 0 Å². The van der Waals surface area contributed by atoms with Crippen LogP contribution in [0.1, 0.15) is 15.9 Å². The lowest BCUT2D eigenvalue weighted by molar-refractivity contribution is 0.104. The number of carbonyl (C=O) groups is 1. The van der Waals surface area contributed by atoms with Crippen LogP contribution in [0, 0.1) is 6.92 Å². The Morgan fingerprint density at radius 3 is 2.50 bits per heavy atom. The molecule has 20 heavy (non-hydrogen) atoms. The molecule has 0 saturated heterocycles. The van der Waals surface area contributed by atoms with Crippen LogP contribution >= 0.6 is 11.8 Å². The molecule has 100 valence electrons. The third-order valence-corrected chi connectivity index (χ3v) is 4.53. The van der Waals surface area contributed by atoms with Crippen molar-refractivity contribution >= 4 is 23.2 Å². The number of hydrogen-bond donors (Lipinski definition) is 0. The van der Waals surface area contributed by atoms with E-state index in [4.69, 9.17) is 0 Å². The molecule has 0 unspecified atom stereocenters. The van der Waals surface area contributed by atoms with E-state index in [-0.39, 0.29) is 5.78 Å². The number of fused-ring (bicyclic) bond motifs is 1. The molecule has 2 aromatic rings. The lowest BCUT2D eigenvalue weighted by Gasteiger charge is -2.12. The molecule has 3 heteroatoms. The van der Waals surface area contributed by atoms with Crippen LogP contribution in [0.4, 0.5) is 5.69 Å². The molecule has 0 saturated carbocycles. The van der Waals surface area contributed by atoms with E-state index in [1.807, 2.05) is 50.4 Å². The second-order valence-corrected chi connectivity index (χ2v) is 5.90. The summed E-state index contributed by atoms with van der Waals surface area (Å²) in [4.78, 5) is 15.5. The Morgan fingerprint density at radius 2 is 1.80 bits per heavy atom. The van der Waals surface area contributed by atoms with Crippen LogP contribution in [-0.2, 0) is 0 Å². The van der Waals surface area contributed by atoms with Crippen molar-refractivity contribution in [2.75, 3.05) is 11.9 Å². The lowest BCUT2D eigenvalue weighted by Crippen LogP contribution is -2.11. The van der Waals surface area contributed by atoms with E-state index in [9.17, 15) is 4.79 Å². The molecule has 0 aromatic heterocycles. The number of aryl methyl sites for hydroxylation is 1. The normalized spacial score (nSPS) is 15.5. The second-order valence-electron chi connectivity index (χ2n) is 4.84. The largest absolute Gasteiger partial charge is 0.338 e. The molecule has 2 nitrogen and oxygen atoms in total. The minimum atomic E-state index is 0.0483. The first-order chi connectivity index (χ1) is 9.65. The van der Waals surface area contributed by atoms with Crippen LogP contribution in [0.5, 0.6) is 0 Å². The van der Waals surface area contributed by atoms with Crippen LogP contribution in [0.3, 0.4) is 0 Å². The highest BCUT2D eigenvalue weighted by atomic mass is 32.2. The van der Waals surface area contributed by atoms with E-state index in [1.165, 1.54) is 4.90 Å². The summed E-state index contributed by atoms with van der Waals surface area (Å²) in [7, 11) is 1.99. The van der Waals surface area contributed by atoms with Gasteiger partial charge in [-0.3, -0.25) is 4.79 Å². The van der Waals surface area contributed by atoms with Crippen molar-refractivity contribution in [3.05, 3.63) is 70.8 Å². The molecule has 0 radical (unpaired) electrons. The average molecular weight is 281 g/mol. The van der Waals surface area contributed by atoms with E-state index in [2.05, 4.69) is 17.0 Å². The minimum Gasteiger partial charge on any atom is -0.338 e. The molecule has 0 N–H and O–H groups in total. The highest BCUT2D eigenvalue weighted by Crippen LogP contribution is 2.44. The molecule has 1 aliphatic rings. The van der Waals surface area contributed by atoms with Gasteiger partial charge >= 0.3 is 0 Å². The number of nitrogens with zero attached hydrogens (tertiary/aromatic N) is 1. The van der Waals surface area contributed by atoms with Gasteiger partial charge in [-0.1, -0.05) is 53.7 Å². The van der Waals surface area contributed by atoms with Crippen LogP contribution in [0.15, 0.2) is 64.5 Å². The monoisotopic (exact) mass is 281 g/mol. The van der Waals surface area contributed by atoms with Gasteiger partial charge in [-0.15, -0.1) is 0 Å². The molecule has 0 aliphatic carbocycles. The molecular weight excluding hydrogens is 266 g/mol. The predicted molar refractivity (Wildman–Crippen MR) is 84.3 cm³/mol. The van der Waals surface area contributed by atoms with E-state index in [0.717, 1.165) is 21.8 Å². The standard InChI is InChI=1S/C17H15NOS/c1-12-7-9-13(10-8-12)15(19)11-17-18(2)14-5-3-4-6-16(14)20-17/h3-11H,1-2H3. The third-order valence-electron chi connectivity index (χ3n) is 3.36. The Hall–Kier alpha value is -2.00. The highest BCUT2D eigenvalue weighted by molar-refractivity contribution is 8.03. The zero-order chi connectivity index (χ0) is 14.1. The summed E-state index contributed by atoms with van der Waals surface area (Å²) in [6.45, 7) is 2.02. The van der Waals surface area contributed by atoms with Crippen LogP contribution in [0.2, 0.25) is 0 Å². The quantitative estimate of drug-likeness (QED) is 0.606. The number of para-hydroxylation sites is 1. The van der Waals surface area contributed by atoms with Crippen molar-refractivity contribution in [3.8, 4) is 0 Å². The fourth-order valence-electron chi connectivity index (χ4n) is 2.16. The fourth-order valence-corrected chi connectivity index (χ4v) is 3.24.